The van der Waals surface area contributed by atoms with Crippen molar-refractivity contribution in [2.24, 2.45) is 5.92 Å². The Hall–Kier alpha value is -0.960. The van der Waals surface area contributed by atoms with Crippen LogP contribution in [0.5, 0.6) is 0 Å². The summed E-state index contributed by atoms with van der Waals surface area (Å²) < 4.78 is 33.4. The van der Waals surface area contributed by atoms with Gasteiger partial charge in [-0.2, -0.15) is 9.40 Å². The van der Waals surface area contributed by atoms with Gasteiger partial charge in [-0.25, -0.2) is 8.42 Å². The van der Waals surface area contributed by atoms with Gasteiger partial charge in [0.2, 0.25) is 10.0 Å². The molecule has 1 unspecified atom stereocenters. The number of nitrogens with zero attached hydrogens (tertiary/aromatic N) is 3. The van der Waals surface area contributed by atoms with Gasteiger partial charge in [-0.05, 0) is 25.2 Å². The van der Waals surface area contributed by atoms with Crippen LogP contribution in [0.3, 0.4) is 0 Å². The van der Waals surface area contributed by atoms with E-state index >= 15 is 0 Å². The predicted molar refractivity (Wildman–Crippen MR) is 77.3 cm³/mol. The molecule has 0 saturated carbocycles. The second kappa shape index (κ2) is 7.35. The Balaban J connectivity index is 2.08. The summed E-state index contributed by atoms with van der Waals surface area (Å²) in [5, 5.41) is 12.8. The minimum absolute atomic E-state index is 0.0623. The van der Waals surface area contributed by atoms with Crippen molar-refractivity contribution in [2.75, 3.05) is 33.4 Å². The van der Waals surface area contributed by atoms with Crippen LogP contribution in [0, 0.1) is 5.92 Å². The first-order valence-corrected chi connectivity index (χ1v) is 8.64. The minimum Gasteiger partial charge on any atom is -0.396 e. The average Bonchev–Trinajstić information content (AvgIpc) is 2.95. The molecule has 0 aliphatic carbocycles. The summed E-state index contributed by atoms with van der Waals surface area (Å²) in [5.41, 5.74) is 0. The number of hydrogen-bond acceptors (Lipinski definition) is 5. The normalized spacial score (nSPS) is 20.8. The molecule has 0 aromatic carbocycles. The van der Waals surface area contributed by atoms with Crippen LogP contribution < -0.4 is 0 Å². The zero-order chi connectivity index (χ0) is 15.3. The molecule has 1 aromatic heterocycles. The van der Waals surface area contributed by atoms with E-state index in [-0.39, 0.29) is 17.4 Å². The van der Waals surface area contributed by atoms with Crippen LogP contribution in [0.1, 0.15) is 19.3 Å². The fourth-order valence-corrected chi connectivity index (χ4v) is 4.11. The maximum atomic E-state index is 12.6. The van der Waals surface area contributed by atoms with Crippen LogP contribution in [-0.2, 0) is 21.3 Å². The highest BCUT2D eigenvalue weighted by Gasteiger charge is 2.31. The molecule has 0 amide bonds. The lowest BCUT2D eigenvalue weighted by molar-refractivity contribution is 0.118. The summed E-state index contributed by atoms with van der Waals surface area (Å²) in [6.07, 6.45) is 5.32. The molecule has 7 nitrogen and oxygen atoms in total. The van der Waals surface area contributed by atoms with Crippen molar-refractivity contribution in [3.05, 3.63) is 12.4 Å². The number of ether oxygens (including phenoxy) is 1. The molecular formula is C13H23N3O4S. The summed E-state index contributed by atoms with van der Waals surface area (Å²) in [5.74, 6) is 0.253. The molecule has 2 rings (SSSR count). The van der Waals surface area contributed by atoms with E-state index in [1.165, 1.54) is 16.7 Å². The lowest BCUT2D eigenvalue weighted by Gasteiger charge is -2.31. The van der Waals surface area contributed by atoms with Gasteiger partial charge in [0.05, 0.1) is 12.8 Å². The van der Waals surface area contributed by atoms with E-state index in [4.69, 9.17) is 9.84 Å². The highest BCUT2D eigenvalue weighted by molar-refractivity contribution is 7.89. The van der Waals surface area contributed by atoms with Gasteiger partial charge in [0.25, 0.3) is 0 Å². The third kappa shape index (κ3) is 4.03. The molecule has 21 heavy (non-hydrogen) atoms. The smallest absolute Gasteiger partial charge is 0.246 e. The Labute approximate surface area is 125 Å². The van der Waals surface area contributed by atoms with Crippen LogP contribution in [0.2, 0.25) is 0 Å². The number of aliphatic hydroxyl groups is 1. The first-order chi connectivity index (χ1) is 10.1. The quantitative estimate of drug-likeness (QED) is 0.782. The number of hydrogen-bond donors (Lipinski definition) is 1. The Bertz CT molecular complexity index is 541. The SMILES string of the molecule is COCC1CCCN(S(=O)(=O)c2cnn(CCCO)c2)C1. The van der Waals surface area contributed by atoms with Crippen molar-refractivity contribution in [2.45, 2.75) is 30.7 Å². The third-order valence-electron chi connectivity index (χ3n) is 3.68. The van der Waals surface area contributed by atoms with E-state index in [0.717, 1.165) is 12.8 Å². The second-order valence-electron chi connectivity index (χ2n) is 5.34. The van der Waals surface area contributed by atoms with Crippen molar-refractivity contribution in [1.29, 1.82) is 0 Å². The molecular weight excluding hydrogens is 294 g/mol. The predicted octanol–water partition coefficient (Wildman–Crippen LogP) is 0.313. The Morgan fingerprint density at radius 1 is 1.52 bits per heavy atom. The standard InChI is InChI=1S/C13H23N3O4S/c1-20-11-12-4-2-6-16(9-12)21(18,19)13-8-14-15(10-13)5-3-7-17/h8,10,12,17H,2-7,9,11H2,1H3. The van der Waals surface area contributed by atoms with E-state index in [0.29, 0.717) is 32.7 Å². The van der Waals surface area contributed by atoms with Crippen molar-refractivity contribution in [3.8, 4) is 0 Å². The highest BCUT2D eigenvalue weighted by atomic mass is 32.2. The third-order valence-corrected chi connectivity index (χ3v) is 5.49. The van der Waals surface area contributed by atoms with Gasteiger partial charge in [-0.1, -0.05) is 0 Å². The summed E-state index contributed by atoms with van der Waals surface area (Å²) >= 11 is 0. The number of aliphatic hydroxyl groups excluding tert-OH is 1. The van der Waals surface area contributed by atoms with Gasteiger partial charge in [-0.15, -0.1) is 0 Å². The summed E-state index contributed by atoms with van der Waals surface area (Å²) in [6, 6.07) is 0. The number of aryl methyl sites for hydroxylation is 1. The molecule has 0 bridgehead atoms. The fraction of sp³-hybridized carbons (Fsp3) is 0.769. The monoisotopic (exact) mass is 317 g/mol. The molecule has 1 N–H and O–H groups in total. The van der Waals surface area contributed by atoms with E-state index in [9.17, 15) is 8.42 Å². The first kappa shape index (κ1) is 16.4. The molecule has 0 radical (unpaired) electrons. The number of methoxy groups -OCH3 is 1. The zero-order valence-electron chi connectivity index (χ0n) is 12.3. The van der Waals surface area contributed by atoms with Gasteiger partial charge in [-0.3, -0.25) is 4.68 Å². The topological polar surface area (TPSA) is 84.7 Å². The summed E-state index contributed by atoms with van der Waals surface area (Å²) in [6.45, 7) is 2.20. The van der Waals surface area contributed by atoms with Crippen molar-refractivity contribution >= 4 is 10.0 Å². The molecule has 1 aliphatic heterocycles. The molecule has 1 fully saturated rings. The number of aromatic nitrogens is 2. The van der Waals surface area contributed by atoms with Crippen LogP contribution >= 0.6 is 0 Å². The van der Waals surface area contributed by atoms with Crippen LogP contribution in [0.25, 0.3) is 0 Å². The Morgan fingerprint density at radius 3 is 3.05 bits per heavy atom. The zero-order valence-corrected chi connectivity index (χ0v) is 13.1. The summed E-state index contributed by atoms with van der Waals surface area (Å²) in [4.78, 5) is 0.221. The van der Waals surface area contributed by atoms with Gasteiger partial charge in [0.1, 0.15) is 4.90 Å². The number of sulfonamides is 1. The van der Waals surface area contributed by atoms with Crippen LogP contribution in [0.15, 0.2) is 17.3 Å². The fourth-order valence-electron chi connectivity index (χ4n) is 2.60. The van der Waals surface area contributed by atoms with Crippen LogP contribution in [0.4, 0.5) is 0 Å². The number of rotatable bonds is 7. The maximum Gasteiger partial charge on any atom is 0.246 e. The Kier molecular flexibility index (Phi) is 5.74. The first-order valence-electron chi connectivity index (χ1n) is 7.20. The number of piperidine rings is 1. The average molecular weight is 317 g/mol. The minimum atomic E-state index is -3.49. The van der Waals surface area contributed by atoms with Crippen molar-refractivity contribution < 1.29 is 18.3 Å². The molecule has 120 valence electrons. The molecule has 1 aromatic rings. The van der Waals surface area contributed by atoms with Gasteiger partial charge >= 0.3 is 0 Å². The van der Waals surface area contributed by atoms with E-state index in [1.807, 2.05) is 0 Å². The maximum absolute atomic E-state index is 12.6. The summed E-state index contributed by atoms with van der Waals surface area (Å²) in [7, 11) is -1.85. The molecule has 1 atom stereocenters. The molecule has 8 heteroatoms. The highest BCUT2D eigenvalue weighted by Crippen LogP contribution is 2.23. The van der Waals surface area contributed by atoms with E-state index in [2.05, 4.69) is 5.10 Å². The van der Waals surface area contributed by atoms with Gasteiger partial charge < -0.3 is 9.84 Å². The molecule has 1 aliphatic rings. The second-order valence-corrected chi connectivity index (χ2v) is 7.28. The van der Waals surface area contributed by atoms with E-state index in [1.54, 1.807) is 11.8 Å². The molecule has 1 saturated heterocycles. The lowest BCUT2D eigenvalue weighted by Crippen LogP contribution is -2.41. The lowest BCUT2D eigenvalue weighted by atomic mass is 10.0. The Morgan fingerprint density at radius 2 is 2.33 bits per heavy atom. The van der Waals surface area contributed by atoms with Crippen molar-refractivity contribution in [3.63, 3.8) is 0 Å². The largest absolute Gasteiger partial charge is 0.396 e. The molecule has 2 heterocycles. The van der Waals surface area contributed by atoms with Crippen molar-refractivity contribution in [1.82, 2.24) is 14.1 Å². The van der Waals surface area contributed by atoms with E-state index < -0.39 is 10.0 Å². The van der Waals surface area contributed by atoms with Gasteiger partial charge in [0.15, 0.2) is 0 Å². The molecule has 0 spiro atoms. The van der Waals surface area contributed by atoms with Gasteiger partial charge in [0, 0.05) is 39.5 Å². The van der Waals surface area contributed by atoms with Crippen LogP contribution in [-0.4, -0.2) is 61.0 Å².